The Balaban J connectivity index is 1.69. The fraction of sp³-hybridized carbons (Fsp3) is 0.615. The van der Waals surface area contributed by atoms with Crippen LogP contribution in [0.4, 0.5) is 0 Å². The summed E-state index contributed by atoms with van der Waals surface area (Å²) < 4.78 is 43.0. The minimum Gasteiger partial charge on any atom is -0.497 e. The summed E-state index contributed by atoms with van der Waals surface area (Å²) in [4.78, 5) is 29.2. The first kappa shape index (κ1) is 28.6. The topological polar surface area (TPSA) is 138 Å². The Morgan fingerprint density at radius 1 is 1.14 bits per heavy atom. The lowest BCUT2D eigenvalue weighted by atomic mass is 9.84. The van der Waals surface area contributed by atoms with Crippen molar-refractivity contribution >= 4 is 21.9 Å². The predicted octanol–water partition coefficient (Wildman–Crippen LogP) is 4.76. The maximum Gasteiger partial charge on any atom is 0.307 e. The van der Waals surface area contributed by atoms with Crippen molar-refractivity contribution in [3.63, 3.8) is 0 Å². The molecule has 11 heteroatoms. The summed E-state index contributed by atoms with van der Waals surface area (Å²) in [6.45, 7) is 5.38. The highest BCUT2D eigenvalue weighted by molar-refractivity contribution is 7.90. The Morgan fingerprint density at radius 2 is 1.81 bits per heavy atom. The number of esters is 1. The molecule has 204 valence electrons. The standard InChI is InChI=1S/C26H37N3O7S/c1-26(2,3)35-22(30)17-19(12-8-11-18-9-6-5-7-10-18)25-27-23(28-36-25)24(31)29-37(32,33)21-15-13-20(34-4)14-16-21/h13-16,18-19H,5-12,17H2,1-4H3,(H,29,31)/t19-/m0/s1. The number of aromatic nitrogens is 2. The molecule has 1 saturated carbocycles. The number of methoxy groups -OCH3 is 1. The number of hydrogen-bond donors (Lipinski definition) is 1. The van der Waals surface area contributed by atoms with Gasteiger partial charge in [0.25, 0.3) is 15.8 Å². The van der Waals surface area contributed by atoms with Gasteiger partial charge in [-0.2, -0.15) is 4.98 Å². The summed E-state index contributed by atoms with van der Waals surface area (Å²) in [5.74, 6) is -1.01. The minimum absolute atomic E-state index is 0.0232. The Hall–Kier alpha value is -2.95. The number of amides is 1. The quantitative estimate of drug-likeness (QED) is 0.403. The zero-order valence-corrected chi connectivity index (χ0v) is 22.8. The van der Waals surface area contributed by atoms with Crippen molar-refractivity contribution in [2.24, 2.45) is 5.92 Å². The molecule has 1 amide bonds. The zero-order chi connectivity index (χ0) is 27.1. The van der Waals surface area contributed by atoms with Gasteiger partial charge in [-0.3, -0.25) is 9.59 Å². The molecule has 1 aliphatic carbocycles. The van der Waals surface area contributed by atoms with Crippen LogP contribution in [0.1, 0.15) is 101 Å². The summed E-state index contributed by atoms with van der Waals surface area (Å²) >= 11 is 0. The van der Waals surface area contributed by atoms with Crippen molar-refractivity contribution < 1.29 is 32.0 Å². The van der Waals surface area contributed by atoms with Crippen molar-refractivity contribution in [2.75, 3.05) is 7.11 Å². The molecule has 1 aromatic heterocycles. The van der Waals surface area contributed by atoms with E-state index in [9.17, 15) is 18.0 Å². The van der Waals surface area contributed by atoms with Crippen molar-refractivity contribution in [1.29, 1.82) is 0 Å². The molecule has 2 aromatic rings. The summed E-state index contributed by atoms with van der Waals surface area (Å²) in [6, 6.07) is 5.58. The van der Waals surface area contributed by atoms with Crippen LogP contribution in [0.15, 0.2) is 33.7 Å². The fourth-order valence-electron chi connectivity index (χ4n) is 4.50. The highest BCUT2D eigenvalue weighted by atomic mass is 32.2. The van der Waals surface area contributed by atoms with E-state index in [-0.39, 0.29) is 17.2 Å². The average molecular weight is 536 g/mol. The number of hydrogen-bond acceptors (Lipinski definition) is 9. The first-order valence-electron chi connectivity index (χ1n) is 12.7. The van der Waals surface area contributed by atoms with E-state index in [1.807, 2.05) is 4.72 Å². The Bertz CT molecular complexity index is 1150. The number of sulfonamides is 1. The summed E-state index contributed by atoms with van der Waals surface area (Å²) in [5, 5.41) is 3.69. The molecule has 0 radical (unpaired) electrons. The van der Waals surface area contributed by atoms with Crippen LogP contribution in [0.25, 0.3) is 0 Å². The van der Waals surface area contributed by atoms with E-state index in [0.29, 0.717) is 18.1 Å². The number of carbonyl (C=O) groups excluding carboxylic acids is 2. The van der Waals surface area contributed by atoms with Crippen molar-refractivity contribution in [2.45, 2.75) is 95.0 Å². The molecule has 0 aliphatic heterocycles. The van der Waals surface area contributed by atoms with Gasteiger partial charge in [0.15, 0.2) is 0 Å². The molecule has 1 heterocycles. The van der Waals surface area contributed by atoms with Gasteiger partial charge in [0, 0.05) is 5.92 Å². The number of rotatable bonds is 11. The van der Waals surface area contributed by atoms with Crippen LogP contribution >= 0.6 is 0 Å². The van der Waals surface area contributed by atoms with Gasteiger partial charge in [-0.05, 0) is 57.4 Å². The van der Waals surface area contributed by atoms with E-state index in [1.54, 1.807) is 20.8 Å². The monoisotopic (exact) mass is 535 g/mol. The summed E-state index contributed by atoms with van der Waals surface area (Å²) in [7, 11) is -2.70. The van der Waals surface area contributed by atoms with Crippen LogP contribution in [-0.2, 0) is 19.6 Å². The second-order valence-electron chi connectivity index (χ2n) is 10.5. The van der Waals surface area contributed by atoms with E-state index >= 15 is 0 Å². The number of nitrogens with one attached hydrogen (secondary N) is 1. The van der Waals surface area contributed by atoms with Crippen LogP contribution < -0.4 is 9.46 Å². The van der Waals surface area contributed by atoms with E-state index in [1.165, 1.54) is 63.5 Å². The van der Waals surface area contributed by atoms with E-state index in [2.05, 4.69) is 10.1 Å². The molecule has 0 unspecified atom stereocenters. The van der Waals surface area contributed by atoms with Crippen molar-refractivity contribution in [1.82, 2.24) is 14.9 Å². The molecule has 10 nitrogen and oxygen atoms in total. The van der Waals surface area contributed by atoms with Gasteiger partial charge in [-0.1, -0.05) is 50.1 Å². The van der Waals surface area contributed by atoms with Crippen LogP contribution in [0.3, 0.4) is 0 Å². The summed E-state index contributed by atoms with van der Waals surface area (Å²) in [6.07, 6.45) is 8.81. The highest BCUT2D eigenvalue weighted by Crippen LogP contribution is 2.31. The number of benzene rings is 1. The average Bonchev–Trinajstić information content (AvgIpc) is 3.33. The highest BCUT2D eigenvalue weighted by Gasteiger charge is 2.29. The first-order chi connectivity index (χ1) is 17.5. The fourth-order valence-corrected chi connectivity index (χ4v) is 5.45. The third-order valence-electron chi connectivity index (χ3n) is 6.31. The van der Waals surface area contributed by atoms with Gasteiger partial charge in [0.1, 0.15) is 11.4 Å². The van der Waals surface area contributed by atoms with Crippen LogP contribution in [-0.4, -0.2) is 43.1 Å². The van der Waals surface area contributed by atoms with Gasteiger partial charge < -0.3 is 14.0 Å². The SMILES string of the molecule is COc1ccc(S(=O)(=O)NC(=O)c2noc([C@@H](CCCC3CCCCC3)CC(=O)OC(C)(C)C)n2)cc1. The normalized spacial score (nSPS) is 15.7. The summed E-state index contributed by atoms with van der Waals surface area (Å²) in [5.41, 5.74) is -0.639. The molecular weight excluding hydrogens is 498 g/mol. The van der Waals surface area contributed by atoms with Gasteiger partial charge in [-0.25, -0.2) is 13.1 Å². The predicted molar refractivity (Wildman–Crippen MR) is 136 cm³/mol. The molecule has 37 heavy (non-hydrogen) atoms. The smallest absolute Gasteiger partial charge is 0.307 e. The maximum atomic E-state index is 12.6. The third kappa shape index (κ3) is 8.84. The Labute approximate surface area is 218 Å². The lowest BCUT2D eigenvalue weighted by Gasteiger charge is -2.23. The molecule has 0 bridgehead atoms. The van der Waals surface area contributed by atoms with Crippen molar-refractivity contribution in [3.8, 4) is 5.75 Å². The first-order valence-corrected chi connectivity index (χ1v) is 14.2. The van der Waals surface area contributed by atoms with Crippen LogP contribution in [0, 0.1) is 5.92 Å². The number of ether oxygens (including phenoxy) is 2. The van der Waals surface area contributed by atoms with Crippen molar-refractivity contribution in [3.05, 3.63) is 36.0 Å². The van der Waals surface area contributed by atoms with Gasteiger partial charge in [-0.15, -0.1) is 0 Å². The van der Waals surface area contributed by atoms with Gasteiger partial charge in [0.05, 0.1) is 18.4 Å². The molecule has 0 saturated heterocycles. The van der Waals surface area contributed by atoms with Gasteiger partial charge in [0.2, 0.25) is 5.89 Å². The number of nitrogens with zero attached hydrogens (tertiary/aromatic N) is 2. The van der Waals surface area contributed by atoms with Crippen LogP contribution in [0.2, 0.25) is 0 Å². The zero-order valence-electron chi connectivity index (χ0n) is 22.0. The molecule has 1 aromatic carbocycles. The molecule has 1 aliphatic rings. The lowest BCUT2D eigenvalue weighted by molar-refractivity contribution is -0.155. The molecular formula is C26H37N3O7S. The van der Waals surface area contributed by atoms with E-state index < -0.39 is 39.2 Å². The lowest BCUT2D eigenvalue weighted by Crippen LogP contribution is -2.31. The maximum absolute atomic E-state index is 12.6. The third-order valence-corrected chi connectivity index (χ3v) is 7.66. The Kier molecular flexibility index (Phi) is 9.69. The Morgan fingerprint density at radius 3 is 2.43 bits per heavy atom. The molecule has 1 fully saturated rings. The molecule has 3 rings (SSSR count). The molecule has 1 atom stereocenters. The van der Waals surface area contributed by atoms with Crippen LogP contribution in [0.5, 0.6) is 5.75 Å². The molecule has 1 N–H and O–H groups in total. The minimum atomic E-state index is -4.16. The van der Waals surface area contributed by atoms with E-state index in [4.69, 9.17) is 14.0 Å². The largest absolute Gasteiger partial charge is 0.497 e. The molecule has 0 spiro atoms. The second kappa shape index (κ2) is 12.5. The second-order valence-corrected chi connectivity index (χ2v) is 12.2. The number of carbonyl (C=O) groups is 2. The van der Waals surface area contributed by atoms with E-state index in [0.717, 1.165) is 12.8 Å². The van der Waals surface area contributed by atoms with Gasteiger partial charge >= 0.3 is 11.9 Å².